The Morgan fingerprint density at radius 1 is 0.926 bits per heavy atom. The number of nitrogens with zero attached hydrogens (tertiary/aromatic N) is 2. The van der Waals surface area contributed by atoms with Crippen molar-refractivity contribution in [1.29, 1.82) is 0 Å². The van der Waals surface area contributed by atoms with Gasteiger partial charge in [0.1, 0.15) is 0 Å². The van der Waals surface area contributed by atoms with Gasteiger partial charge in [0.05, 0.1) is 40.1 Å². The van der Waals surface area contributed by atoms with Gasteiger partial charge in [-0.25, -0.2) is 0 Å². The number of esters is 2. The SMILES string of the molecule is CCOC(=O)C(C(=O)OCC)c1c([N+](=O)[O-])cc([N+](=O)[O-])c2ccccc12. The third-order valence-electron chi connectivity index (χ3n) is 3.77. The second-order valence-electron chi connectivity index (χ2n) is 5.33. The van der Waals surface area contributed by atoms with Gasteiger partial charge in [0.2, 0.25) is 0 Å². The summed E-state index contributed by atoms with van der Waals surface area (Å²) in [7, 11) is 0. The molecule has 0 saturated carbocycles. The minimum absolute atomic E-state index is 0.0320. The highest BCUT2D eigenvalue weighted by Crippen LogP contribution is 2.40. The van der Waals surface area contributed by atoms with E-state index in [0.29, 0.717) is 0 Å². The van der Waals surface area contributed by atoms with Gasteiger partial charge in [0.25, 0.3) is 11.4 Å². The van der Waals surface area contributed by atoms with E-state index in [9.17, 15) is 29.8 Å². The molecule has 0 radical (unpaired) electrons. The van der Waals surface area contributed by atoms with Crippen LogP contribution in [0.3, 0.4) is 0 Å². The van der Waals surface area contributed by atoms with Crippen molar-refractivity contribution in [3.63, 3.8) is 0 Å². The van der Waals surface area contributed by atoms with E-state index < -0.39 is 39.1 Å². The first-order chi connectivity index (χ1) is 12.8. The first-order valence-electron chi connectivity index (χ1n) is 8.01. The van der Waals surface area contributed by atoms with Gasteiger partial charge in [-0.3, -0.25) is 29.8 Å². The van der Waals surface area contributed by atoms with Crippen LogP contribution in [0, 0.1) is 20.2 Å². The fourth-order valence-electron chi connectivity index (χ4n) is 2.75. The lowest BCUT2D eigenvalue weighted by atomic mass is 9.90. The third-order valence-corrected chi connectivity index (χ3v) is 3.77. The second kappa shape index (κ2) is 8.21. The Morgan fingerprint density at radius 3 is 1.85 bits per heavy atom. The van der Waals surface area contributed by atoms with Crippen LogP contribution in [0.1, 0.15) is 25.3 Å². The average Bonchev–Trinajstić information content (AvgIpc) is 2.61. The van der Waals surface area contributed by atoms with Crippen LogP contribution in [0.2, 0.25) is 0 Å². The molecule has 0 N–H and O–H groups in total. The Kier molecular flexibility index (Phi) is 6.01. The normalized spacial score (nSPS) is 10.6. The van der Waals surface area contributed by atoms with E-state index in [1.807, 2.05) is 0 Å². The van der Waals surface area contributed by atoms with Crippen molar-refractivity contribution >= 4 is 34.1 Å². The average molecular weight is 376 g/mol. The molecule has 10 heteroatoms. The monoisotopic (exact) mass is 376 g/mol. The van der Waals surface area contributed by atoms with E-state index in [1.54, 1.807) is 0 Å². The highest BCUT2D eigenvalue weighted by molar-refractivity contribution is 6.08. The van der Waals surface area contributed by atoms with Crippen molar-refractivity contribution < 1.29 is 28.9 Å². The number of nitro groups is 2. The van der Waals surface area contributed by atoms with Gasteiger partial charge in [0.15, 0.2) is 5.92 Å². The number of ether oxygens (including phenoxy) is 2. The number of carbonyl (C=O) groups excluding carboxylic acids is 2. The molecule has 0 atom stereocenters. The summed E-state index contributed by atoms with van der Waals surface area (Å²) in [4.78, 5) is 46.1. The zero-order valence-corrected chi connectivity index (χ0v) is 14.5. The van der Waals surface area contributed by atoms with Crippen molar-refractivity contribution in [2.24, 2.45) is 0 Å². The molecule has 2 aromatic rings. The van der Waals surface area contributed by atoms with Crippen molar-refractivity contribution in [2.75, 3.05) is 13.2 Å². The zero-order chi connectivity index (χ0) is 20.1. The molecule has 0 aliphatic rings. The van der Waals surface area contributed by atoms with Crippen LogP contribution in [0.25, 0.3) is 10.8 Å². The molecule has 0 aromatic heterocycles. The Bertz CT molecular complexity index is 907. The zero-order valence-electron chi connectivity index (χ0n) is 14.5. The Morgan fingerprint density at radius 2 is 1.41 bits per heavy atom. The molecule has 27 heavy (non-hydrogen) atoms. The van der Waals surface area contributed by atoms with Crippen molar-refractivity contribution in [1.82, 2.24) is 0 Å². The molecule has 2 rings (SSSR count). The first kappa shape index (κ1) is 19.8. The fourth-order valence-corrected chi connectivity index (χ4v) is 2.75. The van der Waals surface area contributed by atoms with Gasteiger partial charge in [-0.15, -0.1) is 0 Å². The Hall–Kier alpha value is -3.56. The summed E-state index contributed by atoms with van der Waals surface area (Å²) >= 11 is 0. The lowest BCUT2D eigenvalue weighted by molar-refractivity contribution is -0.393. The molecule has 0 heterocycles. The highest BCUT2D eigenvalue weighted by Gasteiger charge is 2.40. The van der Waals surface area contributed by atoms with E-state index in [-0.39, 0.29) is 29.5 Å². The number of benzene rings is 2. The van der Waals surface area contributed by atoms with Gasteiger partial charge in [0, 0.05) is 5.39 Å². The summed E-state index contributed by atoms with van der Waals surface area (Å²) in [5.41, 5.74) is -1.53. The fraction of sp³-hybridized carbons (Fsp3) is 0.294. The molecule has 142 valence electrons. The topological polar surface area (TPSA) is 139 Å². The summed E-state index contributed by atoms with van der Waals surface area (Å²) in [5, 5.41) is 23.0. The molecule has 0 fully saturated rings. The summed E-state index contributed by atoms with van der Waals surface area (Å²) < 4.78 is 9.78. The molecule has 0 amide bonds. The Labute approximate surface area is 153 Å². The molecule has 10 nitrogen and oxygen atoms in total. The number of rotatable bonds is 7. The van der Waals surface area contributed by atoms with Crippen LogP contribution in [-0.4, -0.2) is 35.0 Å². The van der Waals surface area contributed by atoms with Crippen molar-refractivity contribution in [2.45, 2.75) is 19.8 Å². The van der Waals surface area contributed by atoms with Crippen molar-refractivity contribution in [3.05, 3.63) is 56.1 Å². The minimum atomic E-state index is -1.74. The van der Waals surface area contributed by atoms with Gasteiger partial charge in [-0.1, -0.05) is 18.2 Å². The van der Waals surface area contributed by atoms with Crippen LogP contribution >= 0.6 is 0 Å². The number of non-ortho nitro benzene ring substituents is 1. The molecular formula is C17H16N2O8. The van der Waals surface area contributed by atoms with Gasteiger partial charge >= 0.3 is 11.9 Å². The standard InChI is InChI=1S/C17H16N2O8/c1-3-26-16(20)15(17(21)27-4-2)14-11-8-6-5-7-10(11)12(18(22)23)9-13(14)19(24)25/h5-9,15H,3-4H2,1-2H3. The van der Waals surface area contributed by atoms with Crippen LogP contribution in [0.15, 0.2) is 30.3 Å². The highest BCUT2D eigenvalue weighted by atomic mass is 16.6. The quantitative estimate of drug-likeness (QED) is 0.311. The van der Waals surface area contributed by atoms with Crippen LogP contribution < -0.4 is 0 Å². The number of fused-ring (bicyclic) bond motifs is 1. The van der Waals surface area contributed by atoms with Crippen LogP contribution in [0.5, 0.6) is 0 Å². The molecule has 0 aliphatic heterocycles. The molecule has 2 aromatic carbocycles. The maximum atomic E-state index is 12.4. The van der Waals surface area contributed by atoms with Crippen LogP contribution in [-0.2, 0) is 19.1 Å². The van der Waals surface area contributed by atoms with E-state index >= 15 is 0 Å². The smallest absolute Gasteiger partial charge is 0.325 e. The van der Waals surface area contributed by atoms with E-state index in [2.05, 4.69) is 0 Å². The molecule has 0 bridgehead atoms. The van der Waals surface area contributed by atoms with E-state index in [1.165, 1.54) is 38.1 Å². The predicted molar refractivity (Wildman–Crippen MR) is 93.3 cm³/mol. The van der Waals surface area contributed by atoms with Gasteiger partial charge in [-0.05, 0) is 19.9 Å². The van der Waals surface area contributed by atoms with Gasteiger partial charge in [-0.2, -0.15) is 0 Å². The third kappa shape index (κ3) is 3.84. The lowest BCUT2D eigenvalue weighted by Crippen LogP contribution is -2.27. The maximum absolute atomic E-state index is 12.4. The summed E-state index contributed by atoms with van der Waals surface area (Å²) in [6.07, 6.45) is 0. The van der Waals surface area contributed by atoms with E-state index in [0.717, 1.165) is 6.07 Å². The second-order valence-corrected chi connectivity index (χ2v) is 5.33. The Balaban J connectivity index is 2.91. The first-order valence-corrected chi connectivity index (χ1v) is 8.01. The predicted octanol–water partition coefficient (Wildman–Crippen LogP) is 2.87. The molecule has 0 aliphatic carbocycles. The summed E-state index contributed by atoms with van der Waals surface area (Å²) in [5.74, 6) is -3.80. The maximum Gasteiger partial charge on any atom is 0.325 e. The number of hydrogen-bond acceptors (Lipinski definition) is 8. The summed E-state index contributed by atoms with van der Waals surface area (Å²) in [6, 6.07) is 6.49. The molecule has 0 spiro atoms. The molecule has 0 saturated heterocycles. The molecular weight excluding hydrogens is 360 g/mol. The van der Waals surface area contributed by atoms with Gasteiger partial charge < -0.3 is 9.47 Å². The van der Waals surface area contributed by atoms with Crippen LogP contribution in [0.4, 0.5) is 11.4 Å². The van der Waals surface area contributed by atoms with E-state index in [4.69, 9.17) is 9.47 Å². The summed E-state index contributed by atoms with van der Waals surface area (Å²) in [6.45, 7) is 2.91. The number of nitro benzene ring substituents is 2. The number of carbonyl (C=O) groups is 2. The molecule has 0 unspecified atom stereocenters. The minimum Gasteiger partial charge on any atom is -0.465 e. The number of hydrogen-bond donors (Lipinski definition) is 0. The largest absolute Gasteiger partial charge is 0.465 e. The lowest BCUT2D eigenvalue weighted by Gasteiger charge is -2.17. The van der Waals surface area contributed by atoms with Crippen molar-refractivity contribution in [3.8, 4) is 0 Å².